The number of nitrogen functional groups attached to an aromatic ring is 1. The van der Waals surface area contributed by atoms with Crippen LogP contribution in [0.1, 0.15) is 10.4 Å². The molecule has 0 aliphatic heterocycles. The lowest BCUT2D eigenvalue weighted by Gasteiger charge is -2.05. The second-order valence-electron chi connectivity index (χ2n) is 2.16. The topological polar surface area (TPSA) is 82.0 Å². The third kappa shape index (κ3) is 1.66. The molecular weight excluding hydrogens is 220 g/mol. The zero-order chi connectivity index (χ0) is 10.2. The number of nitrogens with two attached hydrogens (primary N) is 2. The van der Waals surface area contributed by atoms with Gasteiger partial charge in [-0.15, -0.1) is 0 Å². The molecule has 70 valence electrons. The van der Waals surface area contributed by atoms with E-state index < -0.39 is 22.6 Å². The number of carbonyl (C=O) groups excluding carboxylic acids is 1. The van der Waals surface area contributed by atoms with Gasteiger partial charge in [-0.3, -0.25) is 4.79 Å². The van der Waals surface area contributed by atoms with E-state index in [1.165, 1.54) is 0 Å². The molecule has 0 unspecified atom stereocenters. The molecule has 1 heterocycles. The summed E-state index contributed by atoms with van der Waals surface area (Å²) in [6.45, 7) is 0. The van der Waals surface area contributed by atoms with E-state index >= 15 is 0 Å². The summed E-state index contributed by atoms with van der Waals surface area (Å²) in [5, 5.41) is -0.802. The van der Waals surface area contributed by atoms with E-state index in [0.29, 0.717) is 0 Å². The van der Waals surface area contributed by atoms with Crippen molar-refractivity contribution in [2.24, 2.45) is 5.73 Å². The zero-order valence-corrected chi connectivity index (χ0v) is 7.66. The smallest absolute Gasteiger partial charge is 0.254 e. The molecule has 4 nitrogen and oxygen atoms in total. The van der Waals surface area contributed by atoms with Crippen molar-refractivity contribution >= 4 is 34.8 Å². The zero-order valence-electron chi connectivity index (χ0n) is 6.14. The maximum absolute atomic E-state index is 12.9. The van der Waals surface area contributed by atoms with Gasteiger partial charge in [-0.25, -0.2) is 9.37 Å². The lowest BCUT2D eigenvalue weighted by molar-refractivity contribution is 0.100. The standard InChI is InChI=1S/C6H4Cl2FN3O/c7-4-1(6(11)13)3(10)2(9)5(8)12-4/h(H2,10,12)(H2,11,13). The number of primary amides is 1. The van der Waals surface area contributed by atoms with E-state index in [1.807, 2.05) is 0 Å². The molecule has 0 saturated carbocycles. The predicted molar refractivity (Wildman–Crippen MR) is 47.1 cm³/mol. The lowest BCUT2D eigenvalue weighted by atomic mass is 10.2. The van der Waals surface area contributed by atoms with Crippen molar-refractivity contribution < 1.29 is 9.18 Å². The molecule has 13 heavy (non-hydrogen) atoms. The summed E-state index contributed by atoms with van der Waals surface area (Å²) < 4.78 is 12.9. The second kappa shape index (κ2) is 3.35. The van der Waals surface area contributed by atoms with E-state index in [4.69, 9.17) is 34.7 Å². The fourth-order valence-corrected chi connectivity index (χ4v) is 1.27. The van der Waals surface area contributed by atoms with Crippen LogP contribution in [0.5, 0.6) is 0 Å². The van der Waals surface area contributed by atoms with Crippen molar-refractivity contribution in [1.82, 2.24) is 4.98 Å². The Balaban J connectivity index is 3.53. The number of carbonyl (C=O) groups is 1. The SMILES string of the molecule is NC(=O)c1c(Cl)nc(Cl)c(F)c1N. The fraction of sp³-hybridized carbons (Fsp3) is 0. The van der Waals surface area contributed by atoms with Gasteiger partial charge in [-0.2, -0.15) is 0 Å². The van der Waals surface area contributed by atoms with Gasteiger partial charge >= 0.3 is 0 Å². The Morgan fingerprint density at radius 3 is 2.38 bits per heavy atom. The van der Waals surface area contributed by atoms with Crippen LogP contribution in [0, 0.1) is 5.82 Å². The Labute approximate surface area is 82.6 Å². The van der Waals surface area contributed by atoms with Crippen LogP contribution in [0.15, 0.2) is 0 Å². The average molecular weight is 224 g/mol. The highest BCUT2D eigenvalue weighted by molar-refractivity contribution is 6.35. The van der Waals surface area contributed by atoms with E-state index in [1.54, 1.807) is 0 Å². The van der Waals surface area contributed by atoms with Gasteiger partial charge in [0.15, 0.2) is 11.0 Å². The van der Waals surface area contributed by atoms with E-state index in [-0.39, 0.29) is 10.7 Å². The molecule has 0 atom stereocenters. The van der Waals surface area contributed by atoms with Crippen LogP contribution in [-0.4, -0.2) is 10.9 Å². The molecule has 1 rings (SSSR count). The number of hydrogen-bond donors (Lipinski definition) is 2. The van der Waals surface area contributed by atoms with Crippen LogP contribution in [-0.2, 0) is 0 Å². The molecule has 0 aromatic carbocycles. The third-order valence-electron chi connectivity index (χ3n) is 1.34. The number of anilines is 1. The summed E-state index contributed by atoms with van der Waals surface area (Å²) in [6.07, 6.45) is 0. The summed E-state index contributed by atoms with van der Waals surface area (Å²) >= 11 is 10.8. The highest BCUT2D eigenvalue weighted by Crippen LogP contribution is 2.27. The Hall–Kier alpha value is -1.07. The van der Waals surface area contributed by atoms with Crippen molar-refractivity contribution in [2.75, 3.05) is 5.73 Å². The van der Waals surface area contributed by atoms with Crippen molar-refractivity contribution in [3.05, 3.63) is 21.7 Å². The number of pyridine rings is 1. The Kier molecular flexibility index (Phi) is 2.58. The van der Waals surface area contributed by atoms with Crippen LogP contribution >= 0.6 is 23.2 Å². The minimum Gasteiger partial charge on any atom is -0.396 e. The number of rotatable bonds is 1. The minimum absolute atomic E-state index is 0.309. The van der Waals surface area contributed by atoms with Gasteiger partial charge in [-0.1, -0.05) is 23.2 Å². The first-order valence-corrected chi connectivity index (χ1v) is 3.80. The molecule has 0 bridgehead atoms. The van der Waals surface area contributed by atoms with E-state index in [9.17, 15) is 9.18 Å². The molecule has 0 spiro atoms. The van der Waals surface area contributed by atoms with Gasteiger partial charge in [0.25, 0.3) is 5.91 Å². The monoisotopic (exact) mass is 223 g/mol. The van der Waals surface area contributed by atoms with Crippen LogP contribution in [0.2, 0.25) is 10.3 Å². The molecule has 4 N–H and O–H groups in total. The lowest BCUT2D eigenvalue weighted by Crippen LogP contribution is -2.16. The van der Waals surface area contributed by atoms with Crippen molar-refractivity contribution in [3.63, 3.8) is 0 Å². The number of amides is 1. The molecule has 0 radical (unpaired) electrons. The van der Waals surface area contributed by atoms with E-state index in [2.05, 4.69) is 4.98 Å². The van der Waals surface area contributed by atoms with Gasteiger partial charge in [0.05, 0.1) is 5.69 Å². The molecule has 1 amide bonds. The number of hydrogen-bond acceptors (Lipinski definition) is 3. The largest absolute Gasteiger partial charge is 0.396 e. The highest BCUT2D eigenvalue weighted by atomic mass is 35.5. The van der Waals surface area contributed by atoms with E-state index in [0.717, 1.165) is 0 Å². The Morgan fingerprint density at radius 2 is 1.92 bits per heavy atom. The van der Waals surface area contributed by atoms with Gasteiger partial charge in [0, 0.05) is 0 Å². The van der Waals surface area contributed by atoms with Gasteiger partial charge in [0.2, 0.25) is 0 Å². The molecular formula is C6H4Cl2FN3O. The second-order valence-corrected chi connectivity index (χ2v) is 2.88. The molecule has 0 aliphatic rings. The predicted octanol–water partition coefficient (Wildman–Crippen LogP) is 1.21. The van der Waals surface area contributed by atoms with Gasteiger partial charge < -0.3 is 11.5 Å². The first-order chi connectivity index (χ1) is 5.95. The van der Waals surface area contributed by atoms with Crippen molar-refractivity contribution in [3.8, 4) is 0 Å². The summed E-state index contributed by atoms with van der Waals surface area (Å²) in [5.41, 5.74) is 9.24. The molecule has 7 heteroatoms. The Bertz CT molecular complexity index is 383. The molecule has 0 fully saturated rings. The number of aromatic nitrogens is 1. The molecule has 1 aromatic heterocycles. The molecule has 0 saturated heterocycles. The maximum atomic E-state index is 12.9. The van der Waals surface area contributed by atoms with Crippen LogP contribution in [0.25, 0.3) is 0 Å². The fourth-order valence-electron chi connectivity index (χ4n) is 0.758. The molecule has 0 aliphatic carbocycles. The normalized spacial score (nSPS) is 10.1. The minimum atomic E-state index is -1.00. The average Bonchev–Trinajstić information content (AvgIpc) is 1.99. The summed E-state index contributed by atoms with van der Waals surface area (Å²) in [7, 11) is 0. The maximum Gasteiger partial charge on any atom is 0.254 e. The number of halogens is 3. The summed E-state index contributed by atoms with van der Waals surface area (Å²) in [5.74, 6) is -1.95. The van der Waals surface area contributed by atoms with Crippen LogP contribution < -0.4 is 11.5 Å². The van der Waals surface area contributed by atoms with Crippen LogP contribution in [0.4, 0.5) is 10.1 Å². The Morgan fingerprint density at radius 1 is 1.38 bits per heavy atom. The first kappa shape index (κ1) is 10.0. The number of nitrogens with zero attached hydrogens (tertiary/aromatic N) is 1. The highest BCUT2D eigenvalue weighted by Gasteiger charge is 2.19. The summed E-state index contributed by atoms with van der Waals surface area (Å²) in [6, 6.07) is 0. The first-order valence-electron chi connectivity index (χ1n) is 3.05. The molecule has 1 aromatic rings. The third-order valence-corrected chi connectivity index (χ3v) is 1.86. The van der Waals surface area contributed by atoms with Gasteiger partial charge in [-0.05, 0) is 0 Å². The quantitative estimate of drug-likeness (QED) is 0.703. The van der Waals surface area contributed by atoms with Crippen molar-refractivity contribution in [1.29, 1.82) is 0 Å². The van der Waals surface area contributed by atoms with Gasteiger partial charge in [0.1, 0.15) is 10.7 Å². The van der Waals surface area contributed by atoms with Crippen molar-refractivity contribution in [2.45, 2.75) is 0 Å². The summed E-state index contributed by atoms with van der Waals surface area (Å²) in [4.78, 5) is 14.0. The van der Waals surface area contributed by atoms with Crippen LogP contribution in [0.3, 0.4) is 0 Å².